The van der Waals surface area contributed by atoms with Gasteiger partial charge >= 0.3 is 0 Å². The maximum Gasteiger partial charge on any atom is 0.293 e. The van der Waals surface area contributed by atoms with Crippen molar-refractivity contribution < 1.29 is 9.72 Å². The third kappa shape index (κ3) is 11.0. The molecule has 0 radical (unpaired) electrons. The molecular formula is C50H55ClN8O3S2. The van der Waals surface area contributed by atoms with Gasteiger partial charge in [0, 0.05) is 108 Å². The van der Waals surface area contributed by atoms with E-state index in [-0.39, 0.29) is 16.5 Å². The Hall–Kier alpha value is -5.60. The molecule has 0 saturated carbocycles. The topological polar surface area (TPSA) is 111 Å². The summed E-state index contributed by atoms with van der Waals surface area (Å²) in [5.74, 6) is 0.748. The zero-order valence-electron chi connectivity index (χ0n) is 36.4. The van der Waals surface area contributed by atoms with Gasteiger partial charge in [-0.05, 0) is 129 Å². The van der Waals surface area contributed by atoms with Crippen molar-refractivity contribution in [2.75, 3.05) is 84.5 Å². The number of thioether (sulfide) groups is 1. The normalized spacial score (nSPS) is 14.4. The van der Waals surface area contributed by atoms with Crippen LogP contribution >= 0.6 is 35.3 Å². The second-order valence-electron chi connectivity index (χ2n) is 16.2. The number of benzene rings is 5. The smallest absolute Gasteiger partial charge is 0.293 e. The van der Waals surface area contributed by atoms with E-state index in [1.54, 1.807) is 23.9 Å². The molecule has 3 heterocycles. The number of halogens is 1. The highest BCUT2D eigenvalue weighted by Gasteiger charge is 2.27. The summed E-state index contributed by atoms with van der Waals surface area (Å²) in [6.07, 6.45) is 3.73. The van der Waals surface area contributed by atoms with E-state index >= 15 is 0 Å². The molecule has 1 aromatic heterocycles. The highest BCUT2D eigenvalue weighted by Crippen LogP contribution is 2.41. The van der Waals surface area contributed by atoms with Crippen LogP contribution in [-0.2, 0) is 7.05 Å². The minimum absolute atomic E-state index is 0.0464. The van der Waals surface area contributed by atoms with Gasteiger partial charge in [-0.25, -0.2) is 0 Å². The molecule has 1 amide bonds. The maximum absolute atomic E-state index is 14.1. The van der Waals surface area contributed by atoms with Crippen LogP contribution in [0.1, 0.15) is 35.3 Å². The summed E-state index contributed by atoms with van der Waals surface area (Å²) in [4.78, 5) is 35.0. The van der Waals surface area contributed by atoms with E-state index in [1.165, 1.54) is 36.1 Å². The minimum Gasteiger partial charge on any atom is -0.379 e. The summed E-state index contributed by atoms with van der Waals surface area (Å²) < 4.78 is 5.50. The summed E-state index contributed by atoms with van der Waals surface area (Å²) in [5.41, 5.74) is 9.32. The van der Waals surface area contributed by atoms with Gasteiger partial charge in [-0.1, -0.05) is 60.5 Å². The Labute approximate surface area is 389 Å². The Kier molecular flexibility index (Phi) is 15.0. The fourth-order valence-corrected chi connectivity index (χ4v) is 10.2. The Morgan fingerprint density at radius 2 is 1.47 bits per heavy atom. The van der Waals surface area contributed by atoms with Crippen molar-refractivity contribution in [3.63, 3.8) is 0 Å². The molecule has 2 aliphatic heterocycles. The molecule has 332 valence electrons. The van der Waals surface area contributed by atoms with Gasteiger partial charge in [0.2, 0.25) is 0 Å². The lowest BCUT2D eigenvalue weighted by molar-refractivity contribution is -0.384. The van der Waals surface area contributed by atoms with Gasteiger partial charge in [-0.15, -0.1) is 11.8 Å². The number of anilines is 4. The highest BCUT2D eigenvalue weighted by molar-refractivity contribution is 8.00. The SMILES string of the molecule is Cc1c(C(=O)NCCN2CCCCC2)c(-c2cccc(N3CCN(c4ccc(NSc5ccc(NCCSc6ccccc6)c([N+](=O)[O-])c5)cc4)CC3)c2)c(-c2ccc(Cl)cc2)n1C. The Balaban J connectivity index is 0.896. The zero-order chi connectivity index (χ0) is 44.4. The molecule has 2 saturated heterocycles. The molecule has 11 nitrogen and oxygen atoms in total. The number of nitro groups is 1. The first kappa shape index (κ1) is 45.0. The Morgan fingerprint density at radius 1 is 0.750 bits per heavy atom. The van der Waals surface area contributed by atoms with E-state index in [0.717, 1.165) is 102 Å². The maximum atomic E-state index is 14.1. The van der Waals surface area contributed by atoms with Gasteiger partial charge in [-0.2, -0.15) is 0 Å². The molecule has 2 fully saturated rings. The Morgan fingerprint density at radius 3 is 2.19 bits per heavy atom. The predicted octanol–water partition coefficient (Wildman–Crippen LogP) is 11.1. The average molecular weight is 916 g/mol. The minimum atomic E-state index is -0.334. The van der Waals surface area contributed by atoms with Gasteiger partial charge in [0.25, 0.3) is 11.6 Å². The number of piperidine rings is 1. The second kappa shape index (κ2) is 21.4. The number of likely N-dealkylation sites (tertiary alicyclic amines) is 1. The van der Waals surface area contributed by atoms with Crippen molar-refractivity contribution in [2.24, 2.45) is 7.05 Å². The number of amides is 1. The largest absolute Gasteiger partial charge is 0.379 e. The van der Waals surface area contributed by atoms with Crippen LogP contribution < -0.4 is 25.2 Å². The molecule has 0 bridgehead atoms. The number of hydrogen-bond acceptors (Lipinski definition) is 10. The molecule has 14 heteroatoms. The molecule has 6 aromatic rings. The lowest BCUT2D eigenvalue weighted by atomic mass is 9.95. The van der Waals surface area contributed by atoms with Gasteiger partial charge in [0.05, 0.1) is 16.2 Å². The predicted molar refractivity (Wildman–Crippen MR) is 268 cm³/mol. The second-order valence-corrected chi connectivity index (χ2v) is 18.7. The van der Waals surface area contributed by atoms with Gasteiger partial charge in [0.15, 0.2) is 0 Å². The van der Waals surface area contributed by atoms with E-state index in [1.807, 2.05) is 62.5 Å². The monoisotopic (exact) mass is 914 g/mol. The summed E-state index contributed by atoms with van der Waals surface area (Å²) in [6.45, 7) is 9.70. The van der Waals surface area contributed by atoms with Crippen LogP contribution in [0, 0.1) is 17.0 Å². The van der Waals surface area contributed by atoms with Gasteiger partial charge in [-0.3, -0.25) is 14.9 Å². The van der Waals surface area contributed by atoms with E-state index in [9.17, 15) is 14.9 Å². The summed E-state index contributed by atoms with van der Waals surface area (Å²) >= 11 is 9.40. The molecule has 0 atom stereocenters. The molecule has 64 heavy (non-hydrogen) atoms. The third-order valence-corrected chi connectivity index (χ3v) is 14.2. The third-order valence-electron chi connectivity index (χ3n) is 12.1. The molecule has 0 unspecified atom stereocenters. The molecule has 2 aliphatic rings. The van der Waals surface area contributed by atoms with Crippen LogP contribution in [0.25, 0.3) is 22.4 Å². The number of aromatic nitrogens is 1. The van der Waals surface area contributed by atoms with E-state index in [2.05, 4.69) is 95.3 Å². The van der Waals surface area contributed by atoms with E-state index in [0.29, 0.717) is 29.4 Å². The van der Waals surface area contributed by atoms with E-state index in [4.69, 9.17) is 11.6 Å². The number of nitrogens with zero attached hydrogens (tertiary/aromatic N) is 5. The van der Waals surface area contributed by atoms with Crippen LogP contribution in [0.3, 0.4) is 0 Å². The summed E-state index contributed by atoms with van der Waals surface area (Å²) in [5, 5.41) is 19.1. The van der Waals surface area contributed by atoms with Gasteiger partial charge in [0.1, 0.15) is 5.69 Å². The summed E-state index contributed by atoms with van der Waals surface area (Å²) in [6, 6.07) is 40.2. The first-order valence-corrected chi connectivity index (χ1v) is 24.2. The van der Waals surface area contributed by atoms with Crippen molar-refractivity contribution >= 4 is 69.7 Å². The van der Waals surface area contributed by atoms with Crippen LogP contribution in [0.5, 0.6) is 0 Å². The van der Waals surface area contributed by atoms with Crippen LogP contribution in [0.4, 0.5) is 28.4 Å². The number of nitro benzene ring substituents is 1. The number of rotatable bonds is 17. The highest BCUT2D eigenvalue weighted by atomic mass is 35.5. The zero-order valence-corrected chi connectivity index (χ0v) is 38.8. The number of carbonyl (C=O) groups is 1. The average Bonchev–Trinajstić information content (AvgIpc) is 3.60. The Bertz CT molecular complexity index is 2520. The van der Waals surface area contributed by atoms with Crippen LogP contribution in [0.2, 0.25) is 5.02 Å². The van der Waals surface area contributed by atoms with Crippen LogP contribution in [-0.4, -0.2) is 85.0 Å². The van der Waals surface area contributed by atoms with Crippen molar-refractivity contribution in [2.45, 2.75) is 36.0 Å². The number of hydrogen-bond donors (Lipinski definition) is 3. The molecule has 0 spiro atoms. The lowest BCUT2D eigenvalue weighted by Gasteiger charge is -2.37. The van der Waals surface area contributed by atoms with Crippen molar-refractivity contribution in [3.8, 4) is 22.4 Å². The molecule has 0 aliphatic carbocycles. The van der Waals surface area contributed by atoms with Gasteiger partial charge < -0.3 is 34.6 Å². The molecule has 3 N–H and O–H groups in total. The quantitative estimate of drug-likeness (QED) is 0.0269. The number of carbonyl (C=O) groups excluding carboxylic acids is 1. The van der Waals surface area contributed by atoms with Crippen molar-refractivity contribution in [1.29, 1.82) is 0 Å². The summed E-state index contributed by atoms with van der Waals surface area (Å²) in [7, 11) is 2.04. The fourth-order valence-electron chi connectivity index (χ4n) is 8.59. The van der Waals surface area contributed by atoms with Crippen LogP contribution in [0.15, 0.2) is 131 Å². The van der Waals surface area contributed by atoms with Crippen molar-refractivity contribution in [1.82, 2.24) is 14.8 Å². The van der Waals surface area contributed by atoms with E-state index < -0.39 is 0 Å². The molecule has 8 rings (SSSR count). The lowest BCUT2D eigenvalue weighted by Crippen LogP contribution is -2.46. The molecular weight excluding hydrogens is 860 g/mol. The first-order valence-electron chi connectivity index (χ1n) is 22.0. The standard InChI is InChI=1S/C50H55ClN8O3S2/c1-36-47(50(60)53-24-28-56-26-7-4-8-27-56)48(49(55(36)2)37-14-16-39(51)17-15-37)38-10-9-11-42(34-38)58-31-29-57(30-32-58)41-20-18-40(19-21-41)54-64-44-22-23-45(46(35-44)59(61)62)52-25-33-63-43-12-5-3-6-13-43/h3,5-6,9-23,34-35,52,54H,4,7-8,24-33H2,1-2H3,(H,53,60). The van der Waals surface area contributed by atoms with Crippen molar-refractivity contribution in [3.05, 3.63) is 148 Å². The number of nitrogens with one attached hydrogen (secondary N) is 3. The fraction of sp³-hybridized carbons (Fsp3) is 0.300. The number of piperazine rings is 1. The molecule has 5 aromatic carbocycles. The first-order chi connectivity index (χ1) is 31.2.